The van der Waals surface area contributed by atoms with Crippen LogP contribution in [0.25, 0.3) is 0 Å². The van der Waals surface area contributed by atoms with E-state index in [-0.39, 0.29) is 0 Å². The van der Waals surface area contributed by atoms with E-state index < -0.39 is 0 Å². The zero-order valence-electron chi connectivity index (χ0n) is 7.64. The van der Waals surface area contributed by atoms with E-state index in [0.717, 1.165) is 0 Å². The molecule has 12 heavy (non-hydrogen) atoms. The van der Waals surface area contributed by atoms with Gasteiger partial charge < -0.3 is 0 Å². The number of hydrogen-bond acceptors (Lipinski definition) is 1. The van der Waals surface area contributed by atoms with Gasteiger partial charge in [-0.25, -0.2) is 0 Å². The number of likely N-dealkylation sites (tertiary alicyclic amines) is 1. The quantitative estimate of drug-likeness (QED) is 0.571. The highest BCUT2D eigenvalue weighted by Gasteiger charge is 2.29. The summed E-state index contributed by atoms with van der Waals surface area (Å²) in [4.78, 5) is 2.61. The fraction of sp³-hybridized carbons (Fsp3) is 1.00. The molecule has 1 nitrogen and oxygen atoms in total. The monoisotopic (exact) mass is 187 g/mol. The predicted octanol–water partition coefficient (Wildman–Crippen LogP) is 2.63. The van der Waals surface area contributed by atoms with Gasteiger partial charge in [0.25, 0.3) is 0 Å². The molecule has 1 aliphatic carbocycles. The Labute approximate surface area is 80.1 Å². The fourth-order valence-corrected chi connectivity index (χ4v) is 2.99. The van der Waals surface area contributed by atoms with Crippen LogP contribution in [0.5, 0.6) is 0 Å². The summed E-state index contributed by atoms with van der Waals surface area (Å²) in [5, 5.41) is 0.442. The fourth-order valence-electron chi connectivity index (χ4n) is 2.55. The first-order valence-electron chi connectivity index (χ1n) is 5.26. The second-order valence-electron chi connectivity index (χ2n) is 4.11. The van der Waals surface area contributed by atoms with Crippen LogP contribution in [-0.4, -0.2) is 29.4 Å². The molecule has 1 saturated heterocycles. The Morgan fingerprint density at radius 2 is 1.58 bits per heavy atom. The maximum absolute atomic E-state index is 6.32. The van der Waals surface area contributed by atoms with Gasteiger partial charge in [0.15, 0.2) is 0 Å². The van der Waals surface area contributed by atoms with Crippen molar-refractivity contribution in [1.82, 2.24) is 4.90 Å². The van der Waals surface area contributed by atoms with Crippen LogP contribution in [0.2, 0.25) is 0 Å². The summed E-state index contributed by atoms with van der Waals surface area (Å²) in [6.07, 6.45) is 8.10. The van der Waals surface area contributed by atoms with Gasteiger partial charge >= 0.3 is 0 Å². The molecule has 0 amide bonds. The SMILES string of the molecule is ClC1CCCC[C@H]1N1CCCC1. The van der Waals surface area contributed by atoms with Crippen LogP contribution >= 0.6 is 11.6 Å². The lowest BCUT2D eigenvalue weighted by molar-refractivity contribution is 0.195. The van der Waals surface area contributed by atoms with Crippen molar-refractivity contribution < 1.29 is 0 Å². The molecule has 1 unspecified atom stereocenters. The number of alkyl halides is 1. The van der Waals surface area contributed by atoms with Gasteiger partial charge in [0.1, 0.15) is 0 Å². The molecule has 2 fully saturated rings. The molecule has 0 radical (unpaired) electrons. The number of nitrogens with zero attached hydrogens (tertiary/aromatic N) is 1. The molecular weight excluding hydrogens is 170 g/mol. The van der Waals surface area contributed by atoms with E-state index in [1.807, 2.05) is 0 Å². The normalized spacial score (nSPS) is 38.8. The lowest BCUT2D eigenvalue weighted by atomic mass is 9.94. The molecule has 0 aromatic rings. The highest BCUT2D eigenvalue weighted by Crippen LogP contribution is 2.29. The van der Waals surface area contributed by atoms with Crippen molar-refractivity contribution in [1.29, 1.82) is 0 Å². The topological polar surface area (TPSA) is 3.24 Å². The average molecular weight is 188 g/mol. The Balaban J connectivity index is 1.91. The minimum atomic E-state index is 0.442. The lowest BCUT2D eigenvalue weighted by Crippen LogP contribution is -2.41. The molecule has 70 valence electrons. The molecule has 1 saturated carbocycles. The Morgan fingerprint density at radius 3 is 2.25 bits per heavy atom. The molecule has 2 aliphatic rings. The molecule has 0 bridgehead atoms. The van der Waals surface area contributed by atoms with Gasteiger partial charge in [-0.15, -0.1) is 11.6 Å². The van der Waals surface area contributed by atoms with Gasteiger partial charge in [0.2, 0.25) is 0 Å². The Bertz CT molecular complexity index is 143. The smallest absolute Gasteiger partial charge is 0.0491 e. The van der Waals surface area contributed by atoms with Crippen LogP contribution in [-0.2, 0) is 0 Å². The molecule has 0 aromatic heterocycles. The van der Waals surface area contributed by atoms with E-state index in [9.17, 15) is 0 Å². The van der Waals surface area contributed by atoms with Crippen LogP contribution in [0.1, 0.15) is 38.5 Å². The standard InChI is InChI=1S/C10H18ClN/c11-9-5-1-2-6-10(9)12-7-3-4-8-12/h9-10H,1-8H2/t9?,10-/m1/s1. The van der Waals surface area contributed by atoms with Crippen LogP contribution in [0.4, 0.5) is 0 Å². The number of rotatable bonds is 1. The van der Waals surface area contributed by atoms with E-state index in [1.165, 1.54) is 51.6 Å². The largest absolute Gasteiger partial charge is 0.299 e. The molecule has 1 aliphatic heterocycles. The van der Waals surface area contributed by atoms with E-state index >= 15 is 0 Å². The van der Waals surface area contributed by atoms with E-state index in [1.54, 1.807) is 0 Å². The zero-order chi connectivity index (χ0) is 8.39. The molecule has 2 heteroatoms. The van der Waals surface area contributed by atoms with Crippen molar-refractivity contribution in [3.05, 3.63) is 0 Å². The van der Waals surface area contributed by atoms with Gasteiger partial charge in [-0.05, 0) is 38.8 Å². The third-order valence-corrected chi connectivity index (χ3v) is 3.77. The maximum atomic E-state index is 6.32. The van der Waals surface area contributed by atoms with E-state index in [0.29, 0.717) is 11.4 Å². The maximum Gasteiger partial charge on any atom is 0.0491 e. The van der Waals surface area contributed by atoms with Gasteiger partial charge in [-0.1, -0.05) is 12.8 Å². The molecule has 0 N–H and O–H groups in total. The molecule has 2 rings (SSSR count). The van der Waals surface area contributed by atoms with Gasteiger partial charge in [-0.3, -0.25) is 4.90 Å². The van der Waals surface area contributed by atoms with Crippen molar-refractivity contribution in [2.45, 2.75) is 49.9 Å². The minimum Gasteiger partial charge on any atom is -0.299 e. The van der Waals surface area contributed by atoms with Crippen molar-refractivity contribution in [3.8, 4) is 0 Å². The summed E-state index contributed by atoms with van der Waals surface area (Å²) < 4.78 is 0. The minimum absolute atomic E-state index is 0.442. The first-order valence-corrected chi connectivity index (χ1v) is 5.70. The second kappa shape index (κ2) is 3.97. The van der Waals surface area contributed by atoms with Crippen molar-refractivity contribution in [2.75, 3.05) is 13.1 Å². The second-order valence-corrected chi connectivity index (χ2v) is 4.67. The highest BCUT2D eigenvalue weighted by molar-refractivity contribution is 6.21. The number of halogens is 1. The summed E-state index contributed by atoms with van der Waals surface area (Å²) in [6, 6.07) is 0.711. The summed E-state index contributed by atoms with van der Waals surface area (Å²) in [5.41, 5.74) is 0. The van der Waals surface area contributed by atoms with Gasteiger partial charge in [0, 0.05) is 11.4 Å². The summed E-state index contributed by atoms with van der Waals surface area (Å²) in [5.74, 6) is 0. The third-order valence-electron chi connectivity index (χ3n) is 3.26. The lowest BCUT2D eigenvalue weighted by Gasteiger charge is -2.34. The van der Waals surface area contributed by atoms with Crippen LogP contribution in [0, 0.1) is 0 Å². The summed E-state index contributed by atoms with van der Waals surface area (Å²) in [7, 11) is 0. The molecule has 1 heterocycles. The highest BCUT2D eigenvalue weighted by atomic mass is 35.5. The molecule has 0 spiro atoms. The first-order chi connectivity index (χ1) is 5.88. The summed E-state index contributed by atoms with van der Waals surface area (Å²) >= 11 is 6.32. The van der Waals surface area contributed by atoms with Crippen LogP contribution < -0.4 is 0 Å². The predicted molar refractivity (Wildman–Crippen MR) is 52.7 cm³/mol. The van der Waals surface area contributed by atoms with Gasteiger partial charge in [-0.2, -0.15) is 0 Å². The Hall–Kier alpha value is 0.250. The zero-order valence-corrected chi connectivity index (χ0v) is 8.39. The van der Waals surface area contributed by atoms with Crippen LogP contribution in [0.3, 0.4) is 0 Å². The Morgan fingerprint density at radius 1 is 0.917 bits per heavy atom. The molecule has 0 aromatic carbocycles. The first kappa shape index (κ1) is 8.83. The summed E-state index contributed by atoms with van der Waals surface area (Å²) in [6.45, 7) is 2.60. The van der Waals surface area contributed by atoms with Gasteiger partial charge in [0.05, 0.1) is 0 Å². The van der Waals surface area contributed by atoms with Crippen LogP contribution in [0.15, 0.2) is 0 Å². The molecular formula is C10H18ClN. The van der Waals surface area contributed by atoms with Crippen molar-refractivity contribution in [3.63, 3.8) is 0 Å². The van der Waals surface area contributed by atoms with Crippen molar-refractivity contribution >= 4 is 11.6 Å². The van der Waals surface area contributed by atoms with E-state index in [4.69, 9.17) is 11.6 Å². The van der Waals surface area contributed by atoms with Crippen molar-refractivity contribution in [2.24, 2.45) is 0 Å². The molecule has 2 atom stereocenters. The number of hydrogen-bond donors (Lipinski definition) is 0. The third kappa shape index (κ3) is 1.77. The van der Waals surface area contributed by atoms with E-state index in [2.05, 4.69) is 4.90 Å². The average Bonchev–Trinajstić information content (AvgIpc) is 2.57. The Kier molecular flexibility index (Phi) is 2.92.